The van der Waals surface area contributed by atoms with Crippen LogP contribution in [0.3, 0.4) is 0 Å². The summed E-state index contributed by atoms with van der Waals surface area (Å²) in [6.07, 6.45) is 2.70. The van der Waals surface area contributed by atoms with Gasteiger partial charge in [0.05, 0.1) is 6.42 Å². The molecule has 1 aliphatic heterocycles. The summed E-state index contributed by atoms with van der Waals surface area (Å²) in [5, 5.41) is 6.97. The number of amides is 1. The molecule has 1 heterocycles. The van der Waals surface area contributed by atoms with Crippen molar-refractivity contribution in [2.24, 2.45) is 5.92 Å². The maximum Gasteiger partial charge on any atom is 0.224 e. The molecule has 1 aromatic rings. The average molecular weight is 267 g/mol. The van der Waals surface area contributed by atoms with Gasteiger partial charge in [0.1, 0.15) is 0 Å². The van der Waals surface area contributed by atoms with Crippen LogP contribution in [-0.2, 0) is 11.2 Å². The van der Waals surface area contributed by atoms with Gasteiger partial charge in [0.15, 0.2) is 0 Å². The molecule has 0 saturated carbocycles. The molecule has 1 fully saturated rings. The van der Waals surface area contributed by atoms with E-state index >= 15 is 0 Å². The summed E-state index contributed by atoms with van der Waals surface area (Å²) in [5.41, 5.74) is 0.961. The second-order valence-electron chi connectivity index (χ2n) is 4.80. The molecule has 1 atom stereocenters. The van der Waals surface area contributed by atoms with Gasteiger partial charge in [-0.2, -0.15) is 0 Å². The van der Waals surface area contributed by atoms with E-state index in [-0.39, 0.29) is 5.91 Å². The van der Waals surface area contributed by atoms with Crippen LogP contribution in [0.1, 0.15) is 18.4 Å². The van der Waals surface area contributed by atoms with Gasteiger partial charge in [0.25, 0.3) is 0 Å². The molecule has 0 spiro atoms. The highest BCUT2D eigenvalue weighted by Crippen LogP contribution is 2.12. The Labute approximate surface area is 113 Å². The lowest BCUT2D eigenvalue weighted by atomic mass is 10.1. The molecule has 2 rings (SSSR count). The Bertz CT molecular complexity index is 403. The standard InChI is InChI=1S/C14H19ClN2O/c15-13-3-1-2-12(8-13)9-14(18)17-7-5-11-4-6-16-10-11/h1-3,8,11,16H,4-7,9-10H2,(H,17,18). The normalized spacial score (nSPS) is 18.8. The maximum atomic E-state index is 11.7. The predicted octanol–water partition coefficient (Wildman–Crippen LogP) is 2.00. The fourth-order valence-electron chi connectivity index (χ4n) is 2.27. The van der Waals surface area contributed by atoms with Gasteiger partial charge >= 0.3 is 0 Å². The molecule has 0 radical (unpaired) electrons. The molecule has 18 heavy (non-hydrogen) atoms. The van der Waals surface area contributed by atoms with E-state index < -0.39 is 0 Å². The summed E-state index contributed by atoms with van der Waals surface area (Å²) < 4.78 is 0. The molecule has 1 saturated heterocycles. The maximum absolute atomic E-state index is 11.7. The van der Waals surface area contributed by atoms with Crippen LogP contribution in [0.5, 0.6) is 0 Å². The summed E-state index contributed by atoms with van der Waals surface area (Å²) in [6.45, 7) is 2.97. The van der Waals surface area contributed by atoms with Crippen LogP contribution in [0.15, 0.2) is 24.3 Å². The van der Waals surface area contributed by atoms with Crippen molar-refractivity contribution in [3.63, 3.8) is 0 Å². The lowest BCUT2D eigenvalue weighted by molar-refractivity contribution is -0.120. The number of rotatable bonds is 5. The fraction of sp³-hybridized carbons (Fsp3) is 0.500. The van der Waals surface area contributed by atoms with Crippen molar-refractivity contribution in [3.05, 3.63) is 34.9 Å². The van der Waals surface area contributed by atoms with Crippen LogP contribution in [-0.4, -0.2) is 25.5 Å². The molecule has 3 nitrogen and oxygen atoms in total. The zero-order valence-corrected chi connectivity index (χ0v) is 11.2. The van der Waals surface area contributed by atoms with E-state index in [4.69, 9.17) is 11.6 Å². The molecular formula is C14H19ClN2O. The summed E-state index contributed by atoms with van der Waals surface area (Å²) in [7, 11) is 0. The SMILES string of the molecule is O=C(Cc1cccc(Cl)c1)NCCC1CCNC1. The third kappa shape index (κ3) is 4.31. The van der Waals surface area contributed by atoms with Gasteiger partial charge < -0.3 is 10.6 Å². The van der Waals surface area contributed by atoms with Crippen LogP contribution in [0.4, 0.5) is 0 Å². The Morgan fingerprint density at radius 3 is 3.11 bits per heavy atom. The van der Waals surface area contributed by atoms with E-state index in [0.29, 0.717) is 11.4 Å². The number of benzene rings is 1. The highest BCUT2D eigenvalue weighted by molar-refractivity contribution is 6.30. The molecule has 4 heteroatoms. The monoisotopic (exact) mass is 266 g/mol. The fourth-order valence-corrected chi connectivity index (χ4v) is 2.48. The molecule has 1 unspecified atom stereocenters. The first-order valence-electron chi connectivity index (χ1n) is 6.46. The average Bonchev–Trinajstić information content (AvgIpc) is 2.82. The van der Waals surface area contributed by atoms with Crippen LogP contribution < -0.4 is 10.6 Å². The third-order valence-electron chi connectivity index (χ3n) is 3.29. The first-order chi connectivity index (χ1) is 8.74. The van der Waals surface area contributed by atoms with Gasteiger partial charge in [0, 0.05) is 11.6 Å². The highest BCUT2D eigenvalue weighted by atomic mass is 35.5. The second-order valence-corrected chi connectivity index (χ2v) is 5.24. The van der Waals surface area contributed by atoms with E-state index in [1.807, 2.05) is 24.3 Å². The van der Waals surface area contributed by atoms with Crippen LogP contribution >= 0.6 is 11.6 Å². The molecule has 0 aromatic heterocycles. The lowest BCUT2D eigenvalue weighted by Crippen LogP contribution is -2.27. The largest absolute Gasteiger partial charge is 0.356 e. The third-order valence-corrected chi connectivity index (χ3v) is 3.53. The number of nitrogens with one attached hydrogen (secondary N) is 2. The Morgan fingerprint density at radius 1 is 1.50 bits per heavy atom. The van der Waals surface area contributed by atoms with Crippen molar-refractivity contribution < 1.29 is 4.79 Å². The molecule has 1 amide bonds. The Kier molecular flexibility index (Phi) is 5.02. The molecule has 0 bridgehead atoms. The van der Waals surface area contributed by atoms with E-state index in [0.717, 1.165) is 37.5 Å². The van der Waals surface area contributed by atoms with E-state index in [2.05, 4.69) is 10.6 Å². The quantitative estimate of drug-likeness (QED) is 0.856. The number of hydrogen-bond acceptors (Lipinski definition) is 2. The first kappa shape index (κ1) is 13.4. The van der Waals surface area contributed by atoms with Crippen LogP contribution in [0, 0.1) is 5.92 Å². The summed E-state index contributed by atoms with van der Waals surface area (Å²) in [4.78, 5) is 11.7. The summed E-state index contributed by atoms with van der Waals surface area (Å²) in [5.74, 6) is 0.791. The zero-order chi connectivity index (χ0) is 12.8. The van der Waals surface area contributed by atoms with Crippen molar-refractivity contribution >= 4 is 17.5 Å². The zero-order valence-electron chi connectivity index (χ0n) is 10.4. The molecule has 98 valence electrons. The predicted molar refractivity (Wildman–Crippen MR) is 73.8 cm³/mol. The van der Waals surface area contributed by atoms with Crippen molar-refractivity contribution in [1.82, 2.24) is 10.6 Å². The molecular weight excluding hydrogens is 248 g/mol. The summed E-state index contributed by atoms with van der Waals surface area (Å²) in [6, 6.07) is 7.44. The van der Waals surface area contributed by atoms with E-state index in [9.17, 15) is 4.79 Å². The van der Waals surface area contributed by atoms with Gasteiger partial charge in [-0.3, -0.25) is 4.79 Å². The smallest absolute Gasteiger partial charge is 0.224 e. The minimum absolute atomic E-state index is 0.0724. The first-order valence-corrected chi connectivity index (χ1v) is 6.83. The number of halogens is 1. The lowest BCUT2D eigenvalue weighted by Gasteiger charge is -2.09. The van der Waals surface area contributed by atoms with Gasteiger partial charge in [-0.1, -0.05) is 23.7 Å². The molecule has 2 N–H and O–H groups in total. The van der Waals surface area contributed by atoms with Crippen molar-refractivity contribution in [1.29, 1.82) is 0 Å². The Morgan fingerprint density at radius 2 is 2.39 bits per heavy atom. The minimum atomic E-state index is 0.0724. The highest BCUT2D eigenvalue weighted by Gasteiger charge is 2.14. The second kappa shape index (κ2) is 6.76. The number of carbonyl (C=O) groups is 1. The molecule has 1 aromatic carbocycles. The molecule has 0 aliphatic carbocycles. The minimum Gasteiger partial charge on any atom is -0.356 e. The van der Waals surface area contributed by atoms with Crippen LogP contribution in [0.2, 0.25) is 5.02 Å². The summed E-state index contributed by atoms with van der Waals surface area (Å²) >= 11 is 5.88. The Hall–Kier alpha value is -1.06. The van der Waals surface area contributed by atoms with E-state index in [1.165, 1.54) is 6.42 Å². The topological polar surface area (TPSA) is 41.1 Å². The van der Waals surface area contributed by atoms with E-state index in [1.54, 1.807) is 0 Å². The van der Waals surface area contributed by atoms with Crippen molar-refractivity contribution in [3.8, 4) is 0 Å². The Balaban J connectivity index is 1.68. The number of hydrogen-bond donors (Lipinski definition) is 2. The molecule has 1 aliphatic rings. The van der Waals surface area contributed by atoms with Gasteiger partial charge in [-0.15, -0.1) is 0 Å². The van der Waals surface area contributed by atoms with Crippen molar-refractivity contribution in [2.75, 3.05) is 19.6 Å². The number of carbonyl (C=O) groups excluding carboxylic acids is 1. The van der Waals surface area contributed by atoms with Crippen molar-refractivity contribution in [2.45, 2.75) is 19.3 Å². The van der Waals surface area contributed by atoms with Gasteiger partial charge in [-0.05, 0) is 49.5 Å². The van der Waals surface area contributed by atoms with Gasteiger partial charge in [-0.25, -0.2) is 0 Å². The van der Waals surface area contributed by atoms with Gasteiger partial charge in [0.2, 0.25) is 5.91 Å². The van der Waals surface area contributed by atoms with Crippen LogP contribution in [0.25, 0.3) is 0 Å².